The number of nitrogens with zero attached hydrogens (tertiary/aromatic N) is 3. The molecule has 7 nitrogen and oxygen atoms in total. The first-order chi connectivity index (χ1) is 13.1. The van der Waals surface area contributed by atoms with Crippen LogP contribution >= 0.6 is 23.8 Å². The van der Waals surface area contributed by atoms with Crippen LogP contribution in [0.5, 0.6) is 11.5 Å². The Hall–Kier alpha value is -2.58. The molecule has 9 heteroatoms. The van der Waals surface area contributed by atoms with Crippen molar-refractivity contribution < 1.29 is 14.3 Å². The van der Waals surface area contributed by atoms with Crippen molar-refractivity contribution in [2.75, 3.05) is 19.9 Å². The molecule has 0 atom stereocenters. The molecule has 0 radical (unpaired) electrons. The van der Waals surface area contributed by atoms with Crippen molar-refractivity contribution >= 4 is 34.8 Å². The molecule has 2 aliphatic heterocycles. The fourth-order valence-corrected chi connectivity index (χ4v) is 3.50. The molecule has 0 bridgehead atoms. The zero-order valence-electron chi connectivity index (χ0n) is 14.4. The molecule has 0 spiro atoms. The molecule has 1 saturated heterocycles. The van der Waals surface area contributed by atoms with Gasteiger partial charge in [-0.25, -0.2) is 9.99 Å². The Bertz CT molecular complexity index is 895. The second-order valence-electron chi connectivity index (χ2n) is 6.09. The predicted molar refractivity (Wildman–Crippen MR) is 104 cm³/mol. The summed E-state index contributed by atoms with van der Waals surface area (Å²) in [5.74, 6) is 1.26. The van der Waals surface area contributed by atoms with E-state index in [1.165, 1.54) is 0 Å². The van der Waals surface area contributed by atoms with E-state index in [0.717, 1.165) is 23.5 Å². The third-order valence-electron chi connectivity index (χ3n) is 4.37. The minimum atomic E-state index is -0.210. The molecule has 1 fully saturated rings. The molecular formula is C18H17ClN4O3S. The number of halogens is 1. The van der Waals surface area contributed by atoms with Gasteiger partial charge in [-0.15, -0.1) is 0 Å². The molecule has 27 heavy (non-hydrogen) atoms. The maximum atomic E-state index is 12.8. The quantitative estimate of drug-likeness (QED) is 0.623. The van der Waals surface area contributed by atoms with Crippen LogP contribution in [-0.4, -0.2) is 45.9 Å². The van der Waals surface area contributed by atoms with E-state index in [1.54, 1.807) is 28.3 Å². The van der Waals surface area contributed by atoms with Crippen LogP contribution in [0.4, 0.5) is 0 Å². The molecule has 1 amide bonds. The Morgan fingerprint density at radius 2 is 2.04 bits per heavy atom. The van der Waals surface area contributed by atoms with E-state index in [0.29, 0.717) is 30.3 Å². The van der Waals surface area contributed by atoms with Crippen LogP contribution in [0.25, 0.3) is 0 Å². The number of rotatable bonds is 3. The van der Waals surface area contributed by atoms with E-state index < -0.39 is 0 Å². The number of amides is 1. The Morgan fingerprint density at radius 1 is 1.22 bits per heavy atom. The molecule has 1 aromatic heterocycles. The monoisotopic (exact) mass is 404 g/mol. The maximum Gasteiger partial charge on any atom is 0.275 e. The normalized spacial score (nSPS) is 15.1. The number of carbonyl (C=O) groups excluding carboxylic acids is 1. The third-order valence-corrected chi connectivity index (χ3v) is 5.03. The van der Waals surface area contributed by atoms with Gasteiger partial charge in [-0.3, -0.25) is 9.80 Å². The van der Waals surface area contributed by atoms with Gasteiger partial charge in [-0.2, -0.15) is 0 Å². The standard InChI is InChI=1S/C18H17ClN4O3S/c19-16-13(3-1-6-20-16)17(24)22-7-2-8-23(22)18(27)21-10-12-4-5-14-15(9-12)26-11-25-14/h1,3-6,9H,2,7-8,10-11H2,(H,21,27). The number of benzene rings is 1. The Balaban J connectivity index is 1.42. The lowest BCUT2D eigenvalue weighted by Gasteiger charge is -2.30. The number of hydrazine groups is 1. The van der Waals surface area contributed by atoms with Crippen LogP contribution in [0, 0.1) is 0 Å². The lowest BCUT2D eigenvalue weighted by atomic mass is 10.2. The minimum Gasteiger partial charge on any atom is -0.454 e. The largest absolute Gasteiger partial charge is 0.454 e. The Morgan fingerprint density at radius 3 is 2.89 bits per heavy atom. The highest BCUT2D eigenvalue weighted by Crippen LogP contribution is 2.32. The van der Waals surface area contributed by atoms with E-state index in [2.05, 4.69) is 10.3 Å². The van der Waals surface area contributed by atoms with Gasteiger partial charge < -0.3 is 14.8 Å². The van der Waals surface area contributed by atoms with Gasteiger partial charge in [-0.1, -0.05) is 17.7 Å². The van der Waals surface area contributed by atoms with Crippen molar-refractivity contribution in [3.8, 4) is 11.5 Å². The molecular weight excluding hydrogens is 388 g/mol. The molecule has 1 aromatic carbocycles. The van der Waals surface area contributed by atoms with Crippen LogP contribution in [0.1, 0.15) is 22.3 Å². The summed E-state index contributed by atoms with van der Waals surface area (Å²) in [5, 5.41) is 7.26. The fourth-order valence-electron chi connectivity index (χ4n) is 3.04. The SMILES string of the molecule is O=C(c1cccnc1Cl)N1CCCN1C(=S)NCc1ccc2c(c1)OCO2. The number of aromatic nitrogens is 1. The fraction of sp³-hybridized carbons (Fsp3) is 0.278. The average molecular weight is 405 g/mol. The van der Waals surface area contributed by atoms with Gasteiger partial charge in [0.15, 0.2) is 16.6 Å². The van der Waals surface area contributed by atoms with Crippen molar-refractivity contribution in [1.82, 2.24) is 20.3 Å². The summed E-state index contributed by atoms with van der Waals surface area (Å²) < 4.78 is 10.7. The minimum absolute atomic E-state index is 0.189. The molecule has 4 rings (SSSR count). The van der Waals surface area contributed by atoms with Gasteiger partial charge in [0.1, 0.15) is 5.15 Å². The van der Waals surface area contributed by atoms with Gasteiger partial charge in [0.05, 0.1) is 5.56 Å². The molecule has 0 aliphatic carbocycles. The van der Waals surface area contributed by atoms with E-state index in [-0.39, 0.29) is 17.9 Å². The first kappa shape index (κ1) is 17.8. The number of hydrogen-bond donors (Lipinski definition) is 1. The van der Waals surface area contributed by atoms with Gasteiger partial charge in [0, 0.05) is 25.8 Å². The molecule has 0 saturated carbocycles. The average Bonchev–Trinajstić information content (AvgIpc) is 3.34. The summed E-state index contributed by atoms with van der Waals surface area (Å²) in [4.78, 5) is 16.8. The van der Waals surface area contributed by atoms with Crippen molar-refractivity contribution in [3.63, 3.8) is 0 Å². The Kier molecular flexibility index (Phi) is 5.00. The molecule has 2 aromatic rings. The maximum absolute atomic E-state index is 12.8. The smallest absolute Gasteiger partial charge is 0.275 e. The van der Waals surface area contributed by atoms with Gasteiger partial charge in [-0.05, 0) is 48.5 Å². The highest BCUT2D eigenvalue weighted by atomic mass is 35.5. The summed E-state index contributed by atoms with van der Waals surface area (Å²) in [6.45, 7) is 2.00. The summed E-state index contributed by atoms with van der Waals surface area (Å²) in [7, 11) is 0. The van der Waals surface area contributed by atoms with E-state index in [9.17, 15) is 4.79 Å². The van der Waals surface area contributed by atoms with Gasteiger partial charge >= 0.3 is 0 Å². The number of nitrogens with one attached hydrogen (secondary N) is 1. The summed E-state index contributed by atoms with van der Waals surface area (Å²) in [5.41, 5.74) is 1.37. The first-order valence-corrected chi connectivity index (χ1v) is 9.28. The van der Waals surface area contributed by atoms with Crippen LogP contribution in [0.15, 0.2) is 36.5 Å². The second-order valence-corrected chi connectivity index (χ2v) is 6.84. The number of fused-ring (bicyclic) bond motifs is 1. The predicted octanol–water partition coefficient (Wildman–Crippen LogP) is 2.60. The number of carbonyl (C=O) groups is 1. The van der Waals surface area contributed by atoms with E-state index >= 15 is 0 Å². The van der Waals surface area contributed by atoms with Crippen LogP contribution in [0.2, 0.25) is 5.15 Å². The molecule has 1 N–H and O–H groups in total. The van der Waals surface area contributed by atoms with E-state index in [4.69, 9.17) is 33.3 Å². The zero-order valence-corrected chi connectivity index (χ0v) is 15.9. The van der Waals surface area contributed by atoms with Crippen LogP contribution in [-0.2, 0) is 6.54 Å². The summed E-state index contributed by atoms with van der Waals surface area (Å²) >= 11 is 11.6. The van der Waals surface area contributed by atoms with Gasteiger partial charge in [0.25, 0.3) is 5.91 Å². The lowest BCUT2D eigenvalue weighted by Crippen LogP contribution is -2.49. The van der Waals surface area contributed by atoms with Gasteiger partial charge in [0.2, 0.25) is 6.79 Å². The van der Waals surface area contributed by atoms with Crippen molar-refractivity contribution in [2.24, 2.45) is 0 Å². The zero-order chi connectivity index (χ0) is 18.8. The first-order valence-electron chi connectivity index (χ1n) is 8.49. The van der Waals surface area contributed by atoms with Crippen LogP contribution in [0.3, 0.4) is 0 Å². The van der Waals surface area contributed by atoms with Crippen molar-refractivity contribution in [2.45, 2.75) is 13.0 Å². The topological polar surface area (TPSA) is 66.9 Å². The van der Waals surface area contributed by atoms with Crippen molar-refractivity contribution in [3.05, 3.63) is 52.8 Å². The highest BCUT2D eigenvalue weighted by Gasteiger charge is 2.30. The highest BCUT2D eigenvalue weighted by molar-refractivity contribution is 7.80. The van der Waals surface area contributed by atoms with Crippen LogP contribution < -0.4 is 14.8 Å². The summed E-state index contributed by atoms with van der Waals surface area (Å²) in [6, 6.07) is 9.09. The number of hydrogen-bond acceptors (Lipinski definition) is 5. The third kappa shape index (κ3) is 3.63. The van der Waals surface area contributed by atoms with E-state index in [1.807, 2.05) is 18.2 Å². The Labute approximate surface area is 166 Å². The van der Waals surface area contributed by atoms with Crippen molar-refractivity contribution in [1.29, 1.82) is 0 Å². The number of thiocarbonyl (C=S) groups is 1. The number of pyridine rings is 1. The second kappa shape index (κ2) is 7.58. The molecule has 3 heterocycles. The molecule has 0 unspecified atom stereocenters. The molecule has 2 aliphatic rings. The lowest BCUT2D eigenvalue weighted by molar-refractivity contribution is 0.0491. The summed E-state index contributed by atoms with van der Waals surface area (Å²) in [6.07, 6.45) is 2.38. The number of ether oxygens (including phenoxy) is 2. The molecule has 140 valence electrons.